The maximum absolute atomic E-state index is 12.6. The van der Waals surface area contributed by atoms with Crippen LogP contribution in [0, 0.1) is 0 Å². The molecule has 0 radical (unpaired) electrons. The lowest BCUT2D eigenvalue weighted by Crippen LogP contribution is -2.30. The molecule has 6 nitrogen and oxygen atoms in total. The lowest BCUT2D eigenvalue weighted by Gasteiger charge is -2.18. The zero-order chi connectivity index (χ0) is 36.6. The zero-order valence-corrected chi connectivity index (χ0v) is 33.4. The molecule has 6 heteroatoms. The number of ether oxygens (including phenoxy) is 3. The van der Waals surface area contributed by atoms with Crippen molar-refractivity contribution in [2.24, 2.45) is 0 Å². The van der Waals surface area contributed by atoms with E-state index in [1.54, 1.807) is 0 Å². The molecule has 0 amide bonds. The Morgan fingerprint density at radius 2 is 0.660 bits per heavy atom. The second kappa shape index (κ2) is 39.9. The number of carbonyl (C=O) groups excluding carboxylic acids is 3. The smallest absolute Gasteiger partial charge is 0.306 e. The molecule has 0 aromatic rings. The summed E-state index contributed by atoms with van der Waals surface area (Å²) in [5, 5.41) is 0. The first-order chi connectivity index (χ1) is 24.5. The fraction of sp³-hybridized carbons (Fsp3) is 0.886. The van der Waals surface area contributed by atoms with Crippen LogP contribution in [-0.2, 0) is 28.6 Å². The molecule has 0 aliphatic rings. The number of hydrogen-bond acceptors (Lipinski definition) is 6. The molecular weight excluding hydrogens is 624 g/mol. The third kappa shape index (κ3) is 37.4. The van der Waals surface area contributed by atoms with Gasteiger partial charge in [-0.25, -0.2) is 0 Å². The monoisotopic (exact) mass is 707 g/mol. The lowest BCUT2D eigenvalue weighted by atomic mass is 10.1. The summed E-state index contributed by atoms with van der Waals surface area (Å²) in [4.78, 5) is 37.5. The summed E-state index contributed by atoms with van der Waals surface area (Å²) in [6.07, 6.45) is 40.5. The average Bonchev–Trinajstić information content (AvgIpc) is 3.11. The molecular formula is C44H82O6. The summed E-state index contributed by atoms with van der Waals surface area (Å²) in [5.41, 5.74) is 0. The van der Waals surface area contributed by atoms with Gasteiger partial charge in [-0.05, 0) is 44.9 Å². The van der Waals surface area contributed by atoms with Gasteiger partial charge in [0.05, 0.1) is 0 Å². The average molecular weight is 707 g/mol. The molecule has 1 atom stereocenters. The molecule has 0 spiro atoms. The molecule has 0 fully saturated rings. The number of allylic oxidation sites excluding steroid dienone is 2. The van der Waals surface area contributed by atoms with Crippen LogP contribution in [0.1, 0.15) is 233 Å². The van der Waals surface area contributed by atoms with E-state index in [1.165, 1.54) is 128 Å². The van der Waals surface area contributed by atoms with E-state index in [-0.39, 0.29) is 31.1 Å². The Morgan fingerprint density at radius 3 is 1.02 bits per heavy atom. The van der Waals surface area contributed by atoms with E-state index >= 15 is 0 Å². The third-order valence-electron chi connectivity index (χ3n) is 9.52. The van der Waals surface area contributed by atoms with Gasteiger partial charge in [0.2, 0.25) is 0 Å². The number of hydrogen-bond donors (Lipinski definition) is 0. The Balaban J connectivity index is 4.34. The minimum atomic E-state index is -0.763. The van der Waals surface area contributed by atoms with Gasteiger partial charge in [0.15, 0.2) is 6.10 Å². The minimum absolute atomic E-state index is 0.0689. The normalized spacial score (nSPS) is 12.0. The van der Waals surface area contributed by atoms with Gasteiger partial charge < -0.3 is 14.2 Å². The van der Waals surface area contributed by atoms with E-state index in [9.17, 15) is 14.4 Å². The van der Waals surface area contributed by atoms with Gasteiger partial charge in [0.1, 0.15) is 13.2 Å². The van der Waals surface area contributed by atoms with Gasteiger partial charge in [0.25, 0.3) is 0 Å². The Bertz CT molecular complexity index is 778. The van der Waals surface area contributed by atoms with Gasteiger partial charge in [-0.15, -0.1) is 0 Å². The third-order valence-corrected chi connectivity index (χ3v) is 9.52. The summed E-state index contributed by atoms with van der Waals surface area (Å²) < 4.78 is 16.6. The van der Waals surface area contributed by atoms with Gasteiger partial charge in [-0.1, -0.05) is 181 Å². The molecule has 294 valence electrons. The van der Waals surface area contributed by atoms with E-state index < -0.39 is 6.10 Å². The molecule has 0 saturated carbocycles. The van der Waals surface area contributed by atoms with E-state index in [1.807, 2.05) is 0 Å². The minimum Gasteiger partial charge on any atom is -0.462 e. The largest absolute Gasteiger partial charge is 0.462 e. The highest BCUT2D eigenvalue weighted by Crippen LogP contribution is 2.14. The number of unbranched alkanes of at least 4 members (excludes halogenated alkanes) is 26. The standard InChI is InChI=1S/C44H82O6/c1-4-7-10-13-16-19-21-22-23-26-28-31-34-37-43(46)49-40-41(39-48-42(45)36-33-30-27-24-18-15-12-9-6-3)50-44(47)38-35-32-29-25-20-17-14-11-8-5-2/h19,21,41H,4-18,20,22-40H2,1-3H3/b21-19-. The van der Waals surface area contributed by atoms with Crippen molar-refractivity contribution in [3.05, 3.63) is 12.2 Å². The zero-order valence-electron chi connectivity index (χ0n) is 33.4. The van der Waals surface area contributed by atoms with Crippen LogP contribution in [0.4, 0.5) is 0 Å². The van der Waals surface area contributed by atoms with Crippen LogP contribution in [0.25, 0.3) is 0 Å². The van der Waals surface area contributed by atoms with Crippen LogP contribution < -0.4 is 0 Å². The topological polar surface area (TPSA) is 78.9 Å². The first-order valence-corrected chi connectivity index (χ1v) is 21.7. The highest BCUT2D eigenvalue weighted by Gasteiger charge is 2.19. The van der Waals surface area contributed by atoms with E-state index in [0.29, 0.717) is 19.3 Å². The maximum atomic E-state index is 12.6. The first-order valence-electron chi connectivity index (χ1n) is 21.7. The summed E-state index contributed by atoms with van der Waals surface area (Å²) in [7, 11) is 0. The predicted octanol–water partition coefficient (Wildman–Crippen LogP) is 13.5. The highest BCUT2D eigenvalue weighted by atomic mass is 16.6. The Kier molecular flexibility index (Phi) is 38.5. The molecule has 0 bridgehead atoms. The maximum Gasteiger partial charge on any atom is 0.306 e. The summed E-state index contributed by atoms with van der Waals surface area (Å²) in [6, 6.07) is 0. The SMILES string of the molecule is CCCCCC/C=C\CCCCCCCC(=O)OCC(COC(=O)CCCCCCCCCCC)OC(=O)CCCCCCCCCCCC. The summed E-state index contributed by atoms with van der Waals surface area (Å²) >= 11 is 0. The fourth-order valence-corrected chi connectivity index (χ4v) is 6.20. The van der Waals surface area contributed by atoms with Crippen molar-refractivity contribution in [2.75, 3.05) is 13.2 Å². The Labute approximate surface area is 310 Å². The molecule has 0 aromatic carbocycles. The van der Waals surface area contributed by atoms with Crippen molar-refractivity contribution in [1.82, 2.24) is 0 Å². The van der Waals surface area contributed by atoms with E-state index in [4.69, 9.17) is 14.2 Å². The molecule has 0 N–H and O–H groups in total. The molecule has 50 heavy (non-hydrogen) atoms. The molecule has 0 aliphatic heterocycles. The van der Waals surface area contributed by atoms with Crippen LogP contribution in [0.15, 0.2) is 12.2 Å². The predicted molar refractivity (Wildman–Crippen MR) is 210 cm³/mol. The first kappa shape index (κ1) is 48.1. The molecule has 0 heterocycles. The number of esters is 3. The summed E-state index contributed by atoms with van der Waals surface area (Å²) in [6.45, 7) is 6.58. The van der Waals surface area contributed by atoms with Crippen molar-refractivity contribution in [3.63, 3.8) is 0 Å². The van der Waals surface area contributed by atoms with E-state index in [2.05, 4.69) is 32.9 Å². The van der Waals surface area contributed by atoms with Crippen LogP contribution >= 0.6 is 0 Å². The summed E-state index contributed by atoms with van der Waals surface area (Å²) in [5.74, 6) is -0.878. The van der Waals surface area contributed by atoms with Crippen molar-refractivity contribution in [2.45, 2.75) is 239 Å². The van der Waals surface area contributed by atoms with Gasteiger partial charge in [0, 0.05) is 19.3 Å². The van der Waals surface area contributed by atoms with Crippen LogP contribution in [-0.4, -0.2) is 37.2 Å². The Hall–Kier alpha value is -1.85. The fourth-order valence-electron chi connectivity index (χ4n) is 6.20. The van der Waals surface area contributed by atoms with Crippen LogP contribution in [0.5, 0.6) is 0 Å². The highest BCUT2D eigenvalue weighted by molar-refractivity contribution is 5.71. The molecule has 0 aliphatic carbocycles. The van der Waals surface area contributed by atoms with Gasteiger partial charge in [-0.2, -0.15) is 0 Å². The molecule has 0 saturated heterocycles. The van der Waals surface area contributed by atoms with Crippen LogP contribution in [0.2, 0.25) is 0 Å². The number of carbonyl (C=O) groups is 3. The van der Waals surface area contributed by atoms with Crippen LogP contribution in [0.3, 0.4) is 0 Å². The lowest BCUT2D eigenvalue weighted by molar-refractivity contribution is -0.167. The number of rotatable bonds is 39. The van der Waals surface area contributed by atoms with E-state index in [0.717, 1.165) is 64.2 Å². The molecule has 0 rings (SSSR count). The van der Waals surface area contributed by atoms with Gasteiger partial charge >= 0.3 is 17.9 Å². The van der Waals surface area contributed by atoms with Crippen molar-refractivity contribution in [3.8, 4) is 0 Å². The quantitative estimate of drug-likeness (QED) is 0.0274. The molecule has 1 unspecified atom stereocenters. The Morgan fingerprint density at radius 1 is 0.380 bits per heavy atom. The van der Waals surface area contributed by atoms with Crippen molar-refractivity contribution in [1.29, 1.82) is 0 Å². The second-order valence-corrected chi connectivity index (χ2v) is 14.6. The van der Waals surface area contributed by atoms with Crippen molar-refractivity contribution < 1.29 is 28.6 Å². The second-order valence-electron chi connectivity index (χ2n) is 14.6. The van der Waals surface area contributed by atoms with Crippen molar-refractivity contribution >= 4 is 17.9 Å². The molecule has 0 aromatic heterocycles. The van der Waals surface area contributed by atoms with Gasteiger partial charge in [-0.3, -0.25) is 14.4 Å².